The van der Waals surface area contributed by atoms with E-state index < -0.39 is 30.0 Å². The number of fused-ring (bicyclic) bond motifs is 1. The lowest BCUT2D eigenvalue weighted by molar-refractivity contribution is -0.149. The number of rotatable bonds is 12. The Labute approximate surface area is 182 Å². The summed E-state index contributed by atoms with van der Waals surface area (Å²) in [6, 6.07) is -0.393. The molecule has 4 atom stereocenters. The van der Waals surface area contributed by atoms with Crippen LogP contribution < -0.4 is 5.32 Å². The molecule has 0 spiro atoms. The summed E-state index contributed by atoms with van der Waals surface area (Å²) in [5, 5.41) is 45.4. The van der Waals surface area contributed by atoms with Crippen molar-refractivity contribution in [2.45, 2.75) is 60.5 Å². The van der Waals surface area contributed by atoms with Crippen molar-refractivity contribution in [2.24, 2.45) is 0 Å². The van der Waals surface area contributed by atoms with Crippen molar-refractivity contribution in [2.75, 3.05) is 18.9 Å². The zero-order chi connectivity index (χ0) is 21.7. The summed E-state index contributed by atoms with van der Waals surface area (Å²) in [7, 11) is 0. The molecule has 0 radical (unpaired) electrons. The first-order valence-electron chi connectivity index (χ1n) is 9.81. The number of β-lactam (4-membered cyclic amide) rings is 1. The molecular formula is C17H26N6O5S2. The second-order valence-electron chi connectivity index (χ2n) is 7.11. The van der Waals surface area contributed by atoms with Gasteiger partial charge in [0, 0.05) is 11.0 Å². The molecule has 0 aromatic carbocycles. The number of unbranched alkanes of at least 4 members (excludes halogenated alkanes) is 2. The molecule has 0 bridgehead atoms. The van der Waals surface area contributed by atoms with Crippen molar-refractivity contribution in [1.82, 2.24) is 30.8 Å². The minimum absolute atomic E-state index is 0.0505. The third kappa shape index (κ3) is 4.97. The number of nitrogens with one attached hydrogen (secondary N) is 2. The molecule has 166 valence electrons. The number of hydrogen-bond donors (Lipinski definition) is 5. The van der Waals surface area contributed by atoms with E-state index in [4.69, 9.17) is 0 Å². The molecule has 3 unspecified atom stereocenters. The van der Waals surface area contributed by atoms with E-state index in [-0.39, 0.29) is 23.4 Å². The highest BCUT2D eigenvalue weighted by Gasteiger charge is 2.54. The maximum absolute atomic E-state index is 12.8. The van der Waals surface area contributed by atoms with E-state index in [1.807, 2.05) is 0 Å². The lowest BCUT2D eigenvalue weighted by atomic mass is 9.99. The number of H-pyrrole nitrogens is 1. The molecule has 1 fully saturated rings. The van der Waals surface area contributed by atoms with Gasteiger partial charge in [-0.05, 0) is 35.4 Å². The van der Waals surface area contributed by atoms with Crippen LogP contribution in [0.15, 0.2) is 16.4 Å². The van der Waals surface area contributed by atoms with Gasteiger partial charge >= 0.3 is 5.97 Å². The van der Waals surface area contributed by atoms with Crippen LogP contribution in [0.5, 0.6) is 0 Å². The number of carboxylic acids is 1. The molecule has 1 aromatic rings. The Bertz CT molecular complexity index is 777. The van der Waals surface area contributed by atoms with Crippen molar-refractivity contribution < 1.29 is 24.9 Å². The number of thioether (sulfide) groups is 2. The average molecular weight is 459 g/mol. The van der Waals surface area contributed by atoms with Crippen LogP contribution >= 0.6 is 23.5 Å². The normalized spacial score (nSPS) is 23.2. The summed E-state index contributed by atoms with van der Waals surface area (Å²) in [6.45, 7) is 2.37. The van der Waals surface area contributed by atoms with Gasteiger partial charge in [-0.1, -0.05) is 31.5 Å². The van der Waals surface area contributed by atoms with Crippen LogP contribution in [0.25, 0.3) is 0 Å². The molecular weight excluding hydrogens is 432 g/mol. The van der Waals surface area contributed by atoms with Crippen molar-refractivity contribution in [1.29, 1.82) is 0 Å². The van der Waals surface area contributed by atoms with Gasteiger partial charge in [-0.2, -0.15) is 0 Å². The van der Waals surface area contributed by atoms with Crippen LogP contribution in [0.3, 0.4) is 0 Å². The highest BCUT2D eigenvalue weighted by molar-refractivity contribution is 8.01. The number of aliphatic hydroxyl groups is 2. The molecule has 30 heavy (non-hydrogen) atoms. The molecule has 2 aliphatic heterocycles. The molecule has 1 aromatic heterocycles. The second kappa shape index (κ2) is 10.6. The minimum Gasteiger partial charge on any atom is -0.477 e. The van der Waals surface area contributed by atoms with Crippen molar-refractivity contribution >= 4 is 35.4 Å². The quantitative estimate of drug-likeness (QED) is 0.160. The van der Waals surface area contributed by atoms with Crippen LogP contribution in [0.2, 0.25) is 0 Å². The molecule has 1 amide bonds. The molecule has 3 rings (SSSR count). The summed E-state index contributed by atoms with van der Waals surface area (Å²) < 4.78 is 0. The third-order valence-electron chi connectivity index (χ3n) is 5.01. The van der Waals surface area contributed by atoms with E-state index in [0.29, 0.717) is 23.0 Å². The summed E-state index contributed by atoms with van der Waals surface area (Å²) in [6.07, 6.45) is 2.18. The number of carbonyl (C=O) groups is 2. The fourth-order valence-corrected chi connectivity index (χ4v) is 6.15. The minimum atomic E-state index is -1.19. The van der Waals surface area contributed by atoms with Crippen molar-refractivity contribution in [3.8, 4) is 0 Å². The van der Waals surface area contributed by atoms with Crippen LogP contribution in [-0.4, -0.2) is 94.4 Å². The Balaban J connectivity index is 1.82. The smallest absolute Gasteiger partial charge is 0.352 e. The van der Waals surface area contributed by atoms with E-state index in [1.54, 1.807) is 0 Å². The number of carboxylic acid groups (broad SMARTS) is 1. The summed E-state index contributed by atoms with van der Waals surface area (Å²) in [5.74, 6) is -1.06. The van der Waals surface area contributed by atoms with Gasteiger partial charge in [0.05, 0.1) is 12.7 Å². The van der Waals surface area contributed by atoms with Gasteiger partial charge in [0.25, 0.3) is 0 Å². The Hall–Kier alpha value is -1.67. The van der Waals surface area contributed by atoms with Crippen LogP contribution in [0.1, 0.15) is 32.6 Å². The number of aliphatic hydroxyl groups excluding tert-OH is 2. The van der Waals surface area contributed by atoms with Gasteiger partial charge in [0.1, 0.15) is 17.1 Å². The monoisotopic (exact) mass is 458 g/mol. The lowest BCUT2D eigenvalue weighted by Gasteiger charge is -2.50. The van der Waals surface area contributed by atoms with E-state index in [1.165, 1.54) is 16.7 Å². The van der Waals surface area contributed by atoms with Crippen LogP contribution in [0.4, 0.5) is 0 Å². The maximum atomic E-state index is 12.8. The first kappa shape index (κ1) is 23.0. The van der Waals surface area contributed by atoms with Gasteiger partial charge in [-0.25, -0.2) is 9.89 Å². The number of carbonyl (C=O) groups excluding carboxylic acids is 1. The molecule has 0 saturated carbocycles. The summed E-state index contributed by atoms with van der Waals surface area (Å²) in [4.78, 5) is 26.2. The predicted molar refractivity (Wildman–Crippen MR) is 111 cm³/mol. The van der Waals surface area contributed by atoms with Crippen LogP contribution in [0, 0.1) is 0 Å². The molecule has 11 nitrogen and oxygen atoms in total. The van der Waals surface area contributed by atoms with Gasteiger partial charge in [-0.15, -0.1) is 16.9 Å². The SMILES string of the molecule is CCCCCNC1C(=O)N2C(C(=O)O)=C(C(CC(O)CO)Sc3nnn[nH]3)CS[C@@H]12. The standard InChI is InChI=1S/C17H26N6O5S2/c1-2-3-4-5-18-12-14(26)23-13(16(27)28)10(8-29-15(12)23)11(6-9(25)7-24)30-17-19-21-22-20-17/h9,11-12,15,18,24-25H,2-8H2,1H3,(H,27,28)(H,19,20,21,22)/t9?,11?,12?,15-/m0/s1. The van der Waals surface area contributed by atoms with Gasteiger partial charge in [0.15, 0.2) is 0 Å². The van der Waals surface area contributed by atoms with Gasteiger partial charge in [-0.3, -0.25) is 9.69 Å². The van der Waals surface area contributed by atoms with Gasteiger partial charge in [0.2, 0.25) is 11.1 Å². The number of nitrogens with zero attached hydrogens (tertiary/aromatic N) is 4. The molecule has 2 aliphatic rings. The molecule has 5 N–H and O–H groups in total. The van der Waals surface area contributed by atoms with E-state index >= 15 is 0 Å². The molecule has 1 saturated heterocycles. The predicted octanol–water partition coefficient (Wildman–Crippen LogP) is -0.194. The Morgan fingerprint density at radius 3 is 2.90 bits per heavy atom. The van der Waals surface area contributed by atoms with E-state index in [0.717, 1.165) is 31.0 Å². The van der Waals surface area contributed by atoms with Crippen LogP contribution in [-0.2, 0) is 9.59 Å². The lowest BCUT2D eigenvalue weighted by Crippen LogP contribution is -2.70. The Morgan fingerprint density at radius 2 is 2.27 bits per heavy atom. The number of aromatic amines is 1. The van der Waals surface area contributed by atoms with E-state index in [2.05, 4.69) is 32.9 Å². The molecule has 0 aliphatic carbocycles. The third-order valence-corrected chi connectivity index (χ3v) is 7.47. The second-order valence-corrected chi connectivity index (χ2v) is 9.41. The molecule has 3 heterocycles. The summed E-state index contributed by atoms with van der Waals surface area (Å²) in [5.41, 5.74) is 0.459. The average Bonchev–Trinajstić information content (AvgIpc) is 3.24. The highest BCUT2D eigenvalue weighted by Crippen LogP contribution is 2.44. The van der Waals surface area contributed by atoms with Gasteiger partial charge < -0.3 is 20.6 Å². The number of tetrazole rings is 1. The zero-order valence-corrected chi connectivity index (χ0v) is 18.2. The molecule has 13 heteroatoms. The Kier molecular flexibility index (Phi) is 8.11. The Morgan fingerprint density at radius 1 is 1.47 bits per heavy atom. The number of amides is 1. The number of hydrogen-bond acceptors (Lipinski definition) is 10. The van der Waals surface area contributed by atoms with E-state index in [9.17, 15) is 24.9 Å². The van der Waals surface area contributed by atoms with Crippen molar-refractivity contribution in [3.05, 3.63) is 11.3 Å². The first-order chi connectivity index (χ1) is 14.5. The maximum Gasteiger partial charge on any atom is 0.352 e. The first-order valence-corrected chi connectivity index (χ1v) is 11.7. The zero-order valence-electron chi connectivity index (χ0n) is 16.5. The largest absolute Gasteiger partial charge is 0.477 e. The van der Waals surface area contributed by atoms with Crippen molar-refractivity contribution in [3.63, 3.8) is 0 Å². The fourth-order valence-electron chi connectivity index (χ4n) is 3.50. The highest BCUT2D eigenvalue weighted by atomic mass is 32.2. The number of aliphatic carboxylic acids is 1. The number of aromatic nitrogens is 4. The fraction of sp³-hybridized carbons (Fsp3) is 0.706. The summed E-state index contributed by atoms with van der Waals surface area (Å²) >= 11 is 2.66. The topological polar surface area (TPSA) is 165 Å².